The maximum Gasteiger partial charge on any atom is 0.186 e. The molecule has 82 valence electrons. The summed E-state index contributed by atoms with van der Waals surface area (Å²) in [5.41, 5.74) is 1.88. The first kappa shape index (κ1) is 10.9. The number of para-hydroxylation sites is 1. The molecule has 0 bridgehead atoms. The van der Waals surface area contributed by atoms with Crippen molar-refractivity contribution in [1.29, 1.82) is 0 Å². The fourth-order valence-corrected chi connectivity index (χ4v) is 1.71. The molecular formula is C12H11NO2S. The third kappa shape index (κ3) is 2.68. The Balaban J connectivity index is 2.14. The van der Waals surface area contributed by atoms with Crippen molar-refractivity contribution in [3.05, 3.63) is 54.6 Å². The van der Waals surface area contributed by atoms with Gasteiger partial charge < -0.3 is 9.87 Å². The fourth-order valence-electron chi connectivity index (χ4n) is 1.34. The van der Waals surface area contributed by atoms with Gasteiger partial charge in [-0.3, -0.25) is 0 Å². The number of hydrogen-bond acceptors (Lipinski definition) is 2. The van der Waals surface area contributed by atoms with Crippen LogP contribution in [-0.2, 0) is 11.1 Å². The quantitative estimate of drug-likeness (QED) is 0.801. The van der Waals surface area contributed by atoms with Crippen LogP contribution >= 0.6 is 0 Å². The van der Waals surface area contributed by atoms with E-state index in [4.69, 9.17) is 4.55 Å². The number of nitrogens with one attached hydrogen (secondary N) is 1. The summed E-state index contributed by atoms with van der Waals surface area (Å²) < 4.78 is 19.6. The molecule has 0 aliphatic rings. The van der Waals surface area contributed by atoms with Crippen LogP contribution in [0.25, 0.3) is 0 Å². The maximum atomic E-state index is 10.8. The molecule has 0 amide bonds. The van der Waals surface area contributed by atoms with E-state index in [1.54, 1.807) is 24.3 Å². The lowest BCUT2D eigenvalue weighted by Gasteiger charge is -2.06. The van der Waals surface area contributed by atoms with Gasteiger partial charge in [-0.2, -0.15) is 0 Å². The van der Waals surface area contributed by atoms with E-state index in [2.05, 4.69) is 5.32 Å². The van der Waals surface area contributed by atoms with Crippen molar-refractivity contribution in [2.24, 2.45) is 0 Å². The molecule has 1 unspecified atom stereocenters. The van der Waals surface area contributed by atoms with Crippen LogP contribution in [-0.4, -0.2) is 8.76 Å². The molecule has 0 radical (unpaired) electrons. The lowest BCUT2D eigenvalue weighted by Crippen LogP contribution is -1.91. The van der Waals surface area contributed by atoms with Crippen molar-refractivity contribution in [2.75, 3.05) is 5.32 Å². The first-order valence-electron chi connectivity index (χ1n) is 4.79. The average molecular weight is 233 g/mol. The molecule has 0 fully saturated rings. The summed E-state index contributed by atoms with van der Waals surface area (Å²) in [6.45, 7) is 0. The van der Waals surface area contributed by atoms with Crippen LogP contribution in [0.4, 0.5) is 11.4 Å². The minimum atomic E-state index is -1.91. The van der Waals surface area contributed by atoms with Gasteiger partial charge >= 0.3 is 0 Å². The van der Waals surface area contributed by atoms with Crippen molar-refractivity contribution in [3.8, 4) is 0 Å². The first-order valence-corrected chi connectivity index (χ1v) is 5.89. The summed E-state index contributed by atoms with van der Waals surface area (Å²) in [6, 6.07) is 16.5. The SMILES string of the molecule is O=S(O)c1ccc(Nc2ccccc2)cc1. The lowest BCUT2D eigenvalue weighted by atomic mass is 10.3. The zero-order valence-electron chi connectivity index (χ0n) is 8.46. The average Bonchev–Trinajstić information content (AvgIpc) is 2.31. The standard InChI is InChI=1S/C12H11NO2S/c14-16(15)12-8-6-11(7-9-12)13-10-4-2-1-3-5-10/h1-9,13H,(H,14,15). The van der Waals surface area contributed by atoms with Crippen molar-refractivity contribution in [3.63, 3.8) is 0 Å². The molecule has 0 aliphatic carbocycles. The second-order valence-electron chi connectivity index (χ2n) is 3.26. The predicted octanol–water partition coefficient (Wildman–Crippen LogP) is 3.01. The van der Waals surface area contributed by atoms with Crippen LogP contribution in [0.1, 0.15) is 0 Å². The van der Waals surface area contributed by atoms with Crippen LogP contribution in [0.15, 0.2) is 59.5 Å². The van der Waals surface area contributed by atoms with E-state index in [9.17, 15) is 4.21 Å². The van der Waals surface area contributed by atoms with Crippen LogP contribution in [0.3, 0.4) is 0 Å². The lowest BCUT2D eigenvalue weighted by molar-refractivity contribution is 0.564. The molecule has 0 aliphatic heterocycles. The summed E-state index contributed by atoms with van der Waals surface area (Å²) in [6.07, 6.45) is 0. The van der Waals surface area contributed by atoms with Gasteiger partial charge in [-0.25, -0.2) is 4.21 Å². The molecule has 1 atom stereocenters. The van der Waals surface area contributed by atoms with Crippen LogP contribution in [0.2, 0.25) is 0 Å². The maximum absolute atomic E-state index is 10.8. The molecule has 16 heavy (non-hydrogen) atoms. The van der Waals surface area contributed by atoms with Crippen molar-refractivity contribution < 1.29 is 8.76 Å². The third-order valence-corrected chi connectivity index (χ3v) is 2.79. The monoisotopic (exact) mass is 233 g/mol. The number of rotatable bonds is 3. The molecule has 0 aromatic heterocycles. The highest BCUT2D eigenvalue weighted by molar-refractivity contribution is 7.79. The van der Waals surface area contributed by atoms with E-state index >= 15 is 0 Å². The second-order valence-corrected chi connectivity index (χ2v) is 4.23. The van der Waals surface area contributed by atoms with E-state index < -0.39 is 11.1 Å². The topological polar surface area (TPSA) is 49.3 Å². The molecule has 3 nitrogen and oxygen atoms in total. The van der Waals surface area contributed by atoms with Crippen LogP contribution in [0, 0.1) is 0 Å². The second kappa shape index (κ2) is 4.92. The molecular weight excluding hydrogens is 222 g/mol. The molecule has 0 saturated carbocycles. The zero-order chi connectivity index (χ0) is 11.4. The highest BCUT2D eigenvalue weighted by Gasteiger charge is 1.99. The minimum Gasteiger partial charge on any atom is -0.356 e. The Hall–Kier alpha value is -1.65. The van der Waals surface area contributed by atoms with Gasteiger partial charge in [0.05, 0.1) is 4.90 Å². The Morgan fingerprint density at radius 3 is 2.00 bits per heavy atom. The Kier molecular flexibility index (Phi) is 3.34. The third-order valence-electron chi connectivity index (χ3n) is 2.12. The van der Waals surface area contributed by atoms with E-state index in [1.165, 1.54) is 0 Å². The molecule has 2 aromatic carbocycles. The predicted molar refractivity (Wildman–Crippen MR) is 65.2 cm³/mol. The molecule has 0 saturated heterocycles. The largest absolute Gasteiger partial charge is 0.356 e. The smallest absolute Gasteiger partial charge is 0.186 e. The molecule has 2 rings (SSSR count). The van der Waals surface area contributed by atoms with E-state index in [0.717, 1.165) is 11.4 Å². The Bertz CT molecular complexity index is 482. The van der Waals surface area contributed by atoms with E-state index in [-0.39, 0.29) is 0 Å². The highest BCUT2D eigenvalue weighted by Crippen LogP contribution is 2.17. The summed E-state index contributed by atoms with van der Waals surface area (Å²) >= 11 is -1.91. The Morgan fingerprint density at radius 1 is 0.875 bits per heavy atom. The number of benzene rings is 2. The molecule has 0 spiro atoms. The van der Waals surface area contributed by atoms with Gasteiger partial charge in [-0.15, -0.1) is 0 Å². The van der Waals surface area contributed by atoms with Gasteiger partial charge in [0.1, 0.15) is 0 Å². The molecule has 2 aromatic rings. The van der Waals surface area contributed by atoms with Gasteiger partial charge in [0.15, 0.2) is 11.1 Å². The van der Waals surface area contributed by atoms with Crippen molar-refractivity contribution >= 4 is 22.5 Å². The van der Waals surface area contributed by atoms with Crippen LogP contribution in [0.5, 0.6) is 0 Å². The minimum absolute atomic E-state index is 0.401. The van der Waals surface area contributed by atoms with Crippen LogP contribution < -0.4 is 5.32 Å². The van der Waals surface area contributed by atoms with Gasteiger partial charge in [0.2, 0.25) is 0 Å². The van der Waals surface area contributed by atoms with Crippen molar-refractivity contribution in [2.45, 2.75) is 4.90 Å². The van der Waals surface area contributed by atoms with Gasteiger partial charge in [0.25, 0.3) is 0 Å². The Morgan fingerprint density at radius 2 is 1.44 bits per heavy atom. The van der Waals surface area contributed by atoms with E-state index in [0.29, 0.717) is 4.90 Å². The molecule has 2 N–H and O–H groups in total. The van der Waals surface area contributed by atoms with Crippen molar-refractivity contribution in [1.82, 2.24) is 0 Å². The number of anilines is 2. The van der Waals surface area contributed by atoms with Gasteiger partial charge in [0, 0.05) is 11.4 Å². The zero-order valence-corrected chi connectivity index (χ0v) is 9.28. The van der Waals surface area contributed by atoms with E-state index in [1.807, 2.05) is 30.3 Å². The Labute approximate surface area is 96.4 Å². The number of hydrogen-bond donors (Lipinski definition) is 2. The first-order chi connectivity index (χ1) is 7.75. The summed E-state index contributed by atoms with van der Waals surface area (Å²) in [5, 5.41) is 3.19. The summed E-state index contributed by atoms with van der Waals surface area (Å²) in [5.74, 6) is 0. The summed E-state index contributed by atoms with van der Waals surface area (Å²) in [7, 11) is 0. The van der Waals surface area contributed by atoms with Gasteiger partial charge in [-0.1, -0.05) is 18.2 Å². The van der Waals surface area contributed by atoms with Gasteiger partial charge in [-0.05, 0) is 36.4 Å². The highest BCUT2D eigenvalue weighted by atomic mass is 32.2. The molecule has 0 heterocycles. The summed E-state index contributed by atoms with van der Waals surface area (Å²) in [4.78, 5) is 0.401. The normalized spacial score (nSPS) is 12.1. The molecule has 4 heteroatoms. The fraction of sp³-hybridized carbons (Fsp3) is 0.